The Morgan fingerprint density at radius 1 is 1.46 bits per heavy atom. The van der Waals surface area contributed by atoms with E-state index < -0.39 is 0 Å². The molecule has 0 heterocycles. The topological polar surface area (TPSA) is 17.1 Å². The first kappa shape index (κ1) is 10.5. The maximum atomic E-state index is 10.6. The van der Waals surface area contributed by atoms with E-state index in [0.29, 0.717) is 5.92 Å². The van der Waals surface area contributed by atoms with Crippen molar-refractivity contribution >= 4 is 6.29 Å². The Morgan fingerprint density at radius 2 is 2.23 bits per heavy atom. The van der Waals surface area contributed by atoms with E-state index in [1.165, 1.54) is 25.7 Å². The minimum Gasteiger partial charge on any atom is -0.298 e. The van der Waals surface area contributed by atoms with Crippen molar-refractivity contribution in [2.24, 2.45) is 11.8 Å². The van der Waals surface area contributed by atoms with Gasteiger partial charge in [-0.1, -0.05) is 32.8 Å². The molecule has 0 N–H and O–H groups in total. The lowest BCUT2D eigenvalue weighted by Crippen LogP contribution is -2.11. The van der Waals surface area contributed by atoms with Crippen molar-refractivity contribution in [2.75, 3.05) is 0 Å². The smallest absolute Gasteiger partial charge is 0.145 e. The normalized spacial score (nSPS) is 30.2. The van der Waals surface area contributed by atoms with Crippen molar-refractivity contribution in [1.82, 2.24) is 0 Å². The van der Waals surface area contributed by atoms with Crippen molar-refractivity contribution in [2.45, 2.75) is 46.0 Å². The second-order valence-corrected chi connectivity index (χ2v) is 4.24. The quantitative estimate of drug-likeness (QED) is 0.481. The number of allylic oxidation sites excluding steroid dienone is 2. The fraction of sp³-hybridized carbons (Fsp3) is 0.750. The van der Waals surface area contributed by atoms with E-state index in [1.54, 1.807) is 0 Å². The third-order valence-corrected chi connectivity index (χ3v) is 2.99. The maximum absolute atomic E-state index is 10.6. The molecule has 2 atom stereocenters. The van der Waals surface area contributed by atoms with E-state index in [4.69, 9.17) is 0 Å². The average molecular weight is 180 g/mol. The molecule has 0 saturated heterocycles. The fourth-order valence-corrected chi connectivity index (χ4v) is 2.18. The molecule has 2 unspecified atom stereocenters. The van der Waals surface area contributed by atoms with Gasteiger partial charge < -0.3 is 0 Å². The molecule has 1 rings (SSSR count). The Morgan fingerprint density at radius 3 is 2.77 bits per heavy atom. The molecule has 74 valence electrons. The number of hydrogen-bond acceptors (Lipinski definition) is 1. The van der Waals surface area contributed by atoms with Gasteiger partial charge in [-0.3, -0.25) is 4.79 Å². The molecule has 0 bridgehead atoms. The minimum atomic E-state index is 0.670. The SMILES string of the molecule is CC/C(C=O)=C\C1CCCC(C)C1. The summed E-state index contributed by atoms with van der Waals surface area (Å²) in [5, 5.41) is 0. The second-order valence-electron chi connectivity index (χ2n) is 4.24. The standard InChI is InChI=1S/C12H20O/c1-3-11(9-13)8-12-6-4-5-10(2)7-12/h8-10,12H,3-7H2,1-2H3/b11-8+. The molecule has 0 radical (unpaired) electrons. The third-order valence-electron chi connectivity index (χ3n) is 2.99. The lowest BCUT2D eigenvalue weighted by Gasteiger charge is -2.24. The zero-order chi connectivity index (χ0) is 9.68. The molecule has 1 aliphatic rings. The Labute approximate surface area is 81.2 Å². The molecule has 1 nitrogen and oxygen atoms in total. The van der Waals surface area contributed by atoms with Gasteiger partial charge in [0.1, 0.15) is 6.29 Å². The molecule has 0 aromatic rings. The molecule has 0 aliphatic heterocycles. The van der Waals surface area contributed by atoms with Gasteiger partial charge in [0, 0.05) is 0 Å². The van der Waals surface area contributed by atoms with Crippen LogP contribution < -0.4 is 0 Å². The molecule has 0 aromatic carbocycles. The summed E-state index contributed by atoms with van der Waals surface area (Å²) < 4.78 is 0. The van der Waals surface area contributed by atoms with Gasteiger partial charge in [0.2, 0.25) is 0 Å². The molecular weight excluding hydrogens is 160 g/mol. The monoisotopic (exact) mass is 180 g/mol. The first-order valence-corrected chi connectivity index (χ1v) is 5.42. The molecule has 13 heavy (non-hydrogen) atoms. The van der Waals surface area contributed by atoms with Gasteiger partial charge in [0.15, 0.2) is 0 Å². The molecule has 0 spiro atoms. The van der Waals surface area contributed by atoms with Crippen molar-refractivity contribution in [3.63, 3.8) is 0 Å². The number of aldehydes is 1. The van der Waals surface area contributed by atoms with Crippen molar-refractivity contribution < 1.29 is 4.79 Å². The summed E-state index contributed by atoms with van der Waals surface area (Å²) in [6.07, 6.45) is 9.35. The minimum absolute atomic E-state index is 0.670. The van der Waals surface area contributed by atoms with Crippen LogP contribution in [-0.4, -0.2) is 6.29 Å². The molecule has 1 aliphatic carbocycles. The van der Waals surface area contributed by atoms with Crippen molar-refractivity contribution in [3.8, 4) is 0 Å². The third kappa shape index (κ3) is 3.33. The summed E-state index contributed by atoms with van der Waals surface area (Å²) in [5.41, 5.74) is 0.985. The van der Waals surface area contributed by atoms with Gasteiger partial charge in [0.05, 0.1) is 0 Å². The Hall–Kier alpha value is -0.590. The summed E-state index contributed by atoms with van der Waals surface area (Å²) in [6, 6.07) is 0. The molecule has 1 saturated carbocycles. The Balaban J connectivity index is 2.50. The van der Waals surface area contributed by atoms with E-state index in [0.717, 1.165) is 24.2 Å². The van der Waals surface area contributed by atoms with Crippen LogP contribution in [0.3, 0.4) is 0 Å². The predicted molar refractivity (Wildman–Crippen MR) is 55.6 cm³/mol. The summed E-state index contributed by atoms with van der Waals surface area (Å²) >= 11 is 0. The molecule has 0 aromatic heterocycles. The zero-order valence-corrected chi connectivity index (χ0v) is 8.75. The molecule has 0 amide bonds. The highest BCUT2D eigenvalue weighted by Gasteiger charge is 2.16. The predicted octanol–water partition coefficient (Wildman–Crippen LogP) is 3.35. The number of hydrogen-bond donors (Lipinski definition) is 0. The van der Waals surface area contributed by atoms with Crippen LogP contribution in [0.4, 0.5) is 0 Å². The largest absolute Gasteiger partial charge is 0.298 e. The van der Waals surface area contributed by atoms with E-state index in [1.807, 2.05) is 6.92 Å². The van der Waals surface area contributed by atoms with Crippen molar-refractivity contribution in [3.05, 3.63) is 11.6 Å². The molecule has 1 fully saturated rings. The lowest BCUT2D eigenvalue weighted by molar-refractivity contribution is -0.105. The van der Waals surface area contributed by atoms with Crippen LogP contribution in [-0.2, 0) is 4.79 Å². The van der Waals surface area contributed by atoms with E-state index >= 15 is 0 Å². The second kappa shape index (κ2) is 5.21. The van der Waals surface area contributed by atoms with Crippen LogP contribution in [0.15, 0.2) is 11.6 Å². The van der Waals surface area contributed by atoms with Crippen molar-refractivity contribution in [1.29, 1.82) is 0 Å². The first-order chi connectivity index (χ1) is 6.26. The number of carbonyl (C=O) groups excluding carboxylic acids is 1. The van der Waals surface area contributed by atoms with Gasteiger partial charge in [-0.05, 0) is 36.7 Å². The van der Waals surface area contributed by atoms with E-state index in [2.05, 4.69) is 13.0 Å². The van der Waals surface area contributed by atoms with Crippen LogP contribution >= 0.6 is 0 Å². The highest BCUT2D eigenvalue weighted by Crippen LogP contribution is 2.30. The van der Waals surface area contributed by atoms with Gasteiger partial charge in [-0.2, -0.15) is 0 Å². The van der Waals surface area contributed by atoms with Gasteiger partial charge in [-0.25, -0.2) is 0 Å². The number of carbonyl (C=O) groups is 1. The number of rotatable bonds is 3. The van der Waals surface area contributed by atoms with Crippen LogP contribution in [0.25, 0.3) is 0 Å². The van der Waals surface area contributed by atoms with Gasteiger partial charge in [-0.15, -0.1) is 0 Å². The Bertz CT molecular complexity index is 193. The molecular formula is C12H20O. The summed E-state index contributed by atoms with van der Waals surface area (Å²) in [6.45, 7) is 4.36. The van der Waals surface area contributed by atoms with E-state index in [-0.39, 0.29) is 0 Å². The first-order valence-electron chi connectivity index (χ1n) is 5.42. The fourth-order valence-electron chi connectivity index (χ4n) is 2.18. The zero-order valence-electron chi connectivity index (χ0n) is 8.75. The highest BCUT2D eigenvalue weighted by atomic mass is 16.1. The van der Waals surface area contributed by atoms with Gasteiger partial charge >= 0.3 is 0 Å². The molecule has 1 heteroatoms. The summed E-state index contributed by atoms with van der Waals surface area (Å²) in [5.74, 6) is 1.52. The lowest BCUT2D eigenvalue weighted by atomic mass is 9.81. The van der Waals surface area contributed by atoms with Crippen LogP contribution in [0.1, 0.15) is 46.0 Å². The van der Waals surface area contributed by atoms with Gasteiger partial charge in [0.25, 0.3) is 0 Å². The highest BCUT2D eigenvalue weighted by molar-refractivity contribution is 5.72. The van der Waals surface area contributed by atoms with Crippen LogP contribution in [0.2, 0.25) is 0 Å². The van der Waals surface area contributed by atoms with Crippen LogP contribution in [0, 0.1) is 11.8 Å². The summed E-state index contributed by atoms with van der Waals surface area (Å²) in [7, 11) is 0. The average Bonchev–Trinajstić information content (AvgIpc) is 2.14. The maximum Gasteiger partial charge on any atom is 0.145 e. The van der Waals surface area contributed by atoms with E-state index in [9.17, 15) is 4.79 Å². The Kier molecular flexibility index (Phi) is 4.20. The van der Waals surface area contributed by atoms with Crippen LogP contribution in [0.5, 0.6) is 0 Å². The summed E-state index contributed by atoms with van der Waals surface area (Å²) in [4.78, 5) is 10.6.